The Kier molecular flexibility index (Phi) is 5.61. The normalized spacial score (nSPS) is 13.9. The Labute approximate surface area is 200 Å². The maximum absolute atomic E-state index is 14.7. The number of halogens is 4. The van der Waals surface area contributed by atoms with Crippen molar-refractivity contribution in [1.29, 1.82) is 0 Å². The van der Waals surface area contributed by atoms with Gasteiger partial charge in [0, 0.05) is 30.2 Å². The van der Waals surface area contributed by atoms with Crippen LogP contribution in [-0.2, 0) is 6.18 Å². The number of nitrogens with zero attached hydrogens (tertiary/aromatic N) is 4. The molecule has 1 saturated heterocycles. The molecule has 2 amide bonds. The van der Waals surface area contributed by atoms with Gasteiger partial charge in [-0.05, 0) is 49.2 Å². The number of fused-ring (bicyclic) bond motifs is 1. The van der Waals surface area contributed by atoms with Crippen molar-refractivity contribution < 1.29 is 27.2 Å². The smallest absolute Gasteiger partial charge is 0.382 e. The Morgan fingerprint density at radius 1 is 1.06 bits per heavy atom. The number of nitrogens with one attached hydrogen (secondary N) is 2. The van der Waals surface area contributed by atoms with E-state index in [-0.39, 0.29) is 22.8 Å². The van der Waals surface area contributed by atoms with Crippen LogP contribution in [0.4, 0.5) is 29.1 Å². The van der Waals surface area contributed by atoms with Crippen molar-refractivity contribution in [1.82, 2.24) is 24.9 Å². The number of carbonyl (C=O) groups is 2. The summed E-state index contributed by atoms with van der Waals surface area (Å²) in [5.41, 5.74) is 4.56. The number of nitrogen functional groups attached to an aromatic ring is 1. The van der Waals surface area contributed by atoms with Crippen LogP contribution in [0.2, 0.25) is 0 Å². The van der Waals surface area contributed by atoms with Gasteiger partial charge in [-0.1, -0.05) is 0 Å². The Balaban J connectivity index is 1.47. The van der Waals surface area contributed by atoms with E-state index in [9.17, 15) is 27.2 Å². The van der Waals surface area contributed by atoms with Crippen LogP contribution in [-0.4, -0.2) is 49.8 Å². The number of aromatic amines is 1. The van der Waals surface area contributed by atoms with Gasteiger partial charge < -0.3 is 16.0 Å². The molecule has 3 heterocycles. The van der Waals surface area contributed by atoms with E-state index in [0.717, 1.165) is 23.6 Å². The highest BCUT2D eigenvalue weighted by Gasteiger charge is 2.36. The predicted octanol–water partition coefficient (Wildman–Crippen LogP) is 3.98. The van der Waals surface area contributed by atoms with Gasteiger partial charge in [0.1, 0.15) is 11.5 Å². The van der Waals surface area contributed by atoms with Crippen molar-refractivity contribution in [3.05, 3.63) is 65.2 Å². The molecule has 0 saturated carbocycles. The molecule has 0 atom stereocenters. The third kappa shape index (κ3) is 4.23. The number of likely N-dealkylation sites (tertiary alicyclic amines) is 1. The first kappa shape index (κ1) is 23.3. The Hall–Kier alpha value is -4.42. The summed E-state index contributed by atoms with van der Waals surface area (Å²) in [6.07, 6.45) is -3.13. The van der Waals surface area contributed by atoms with Gasteiger partial charge in [-0.25, -0.2) is 9.07 Å². The maximum Gasteiger partial charge on any atom is 0.435 e. The molecule has 186 valence electrons. The van der Waals surface area contributed by atoms with E-state index in [0.29, 0.717) is 30.1 Å². The number of carbonyl (C=O) groups excluding carboxylic acids is 2. The van der Waals surface area contributed by atoms with Crippen molar-refractivity contribution in [3.8, 4) is 5.69 Å². The molecule has 0 bridgehead atoms. The molecule has 0 aliphatic carbocycles. The monoisotopic (exact) mass is 501 g/mol. The molecule has 5 rings (SSSR count). The second-order valence-corrected chi connectivity index (χ2v) is 8.31. The molecule has 36 heavy (non-hydrogen) atoms. The number of alkyl halides is 3. The van der Waals surface area contributed by atoms with Crippen LogP contribution >= 0.6 is 0 Å². The number of benzene rings is 2. The van der Waals surface area contributed by atoms with E-state index in [1.54, 1.807) is 0 Å². The molecule has 1 fully saturated rings. The number of H-pyrrole nitrogens is 1. The summed E-state index contributed by atoms with van der Waals surface area (Å²) in [7, 11) is 0. The highest BCUT2D eigenvalue weighted by molar-refractivity contribution is 6.04. The van der Waals surface area contributed by atoms with Crippen LogP contribution < -0.4 is 11.1 Å². The fourth-order valence-electron chi connectivity index (χ4n) is 4.08. The zero-order valence-corrected chi connectivity index (χ0v) is 18.6. The number of rotatable bonds is 4. The lowest BCUT2D eigenvalue weighted by Crippen LogP contribution is -2.28. The van der Waals surface area contributed by atoms with Gasteiger partial charge in [0.25, 0.3) is 11.8 Å². The van der Waals surface area contributed by atoms with Crippen molar-refractivity contribution in [2.24, 2.45) is 0 Å². The van der Waals surface area contributed by atoms with Crippen molar-refractivity contribution >= 4 is 34.2 Å². The fourth-order valence-corrected chi connectivity index (χ4v) is 4.08. The predicted molar refractivity (Wildman–Crippen MR) is 122 cm³/mol. The molecule has 2 aromatic heterocycles. The first-order valence-electron chi connectivity index (χ1n) is 10.9. The summed E-state index contributed by atoms with van der Waals surface area (Å²) >= 11 is 0. The van der Waals surface area contributed by atoms with E-state index in [1.165, 1.54) is 35.2 Å². The van der Waals surface area contributed by atoms with E-state index in [2.05, 4.69) is 20.6 Å². The molecule has 0 unspecified atom stereocenters. The van der Waals surface area contributed by atoms with Crippen molar-refractivity contribution in [3.63, 3.8) is 0 Å². The van der Waals surface area contributed by atoms with Crippen LogP contribution in [0.5, 0.6) is 0 Å². The van der Waals surface area contributed by atoms with Crippen molar-refractivity contribution in [2.75, 3.05) is 24.1 Å². The van der Waals surface area contributed by atoms with E-state index in [4.69, 9.17) is 5.73 Å². The highest BCUT2D eigenvalue weighted by atomic mass is 19.4. The van der Waals surface area contributed by atoms with Crippen LogP contribution in [0, 0.1) is 5.82 Å². The number of hydrogen-bond donors (Lipinski definition) is 3. The Morgan fingerprint density at radius 3 is 2.50 bits per heavy atom. The van der Waals surface area contributed by atoms with Gasteiger partial charge in [-0.3, -0.25) is 14.7 Å². The summed E-state index contributed by atoms with van der Waals surface area (Å²) in [5.74, 6) is -2.14. The van der Waals surface area contributed by atoms with Gasteiger partial charge in [0.05, 0.1) is 16.8 Å². The average molecular weight is 501 g/mol. The number of hydrogen-bond acceptors (Lipinski definition) is 5. The third-order valence-corrected chi connectivity index (χ3v) is 5.90. The zero-order valence-electron chi connectivity index (χ0n) is 18.6. The summed E-state index contributed by atoms with van der Waals surface area (Å²) in [5, 5.41) is 12.9. The lowest BCUT2D eigenvalue weighted by Gasteiger charge is -2.16. The van der Waals surface area contributed by atoms with Crippen LogP contribution in [0.15, 0.2) is 42.5 Å². The number of amides is 2. The lowest BCUT2D eigenvalue weighted by molar-refractivity contribution is -0.141. The van der Waals surface area contributed by atoms with Gasteiger partial charge in [-0.15, -0.1) is 0 Å². The molecule has 4 N–H and O–H groups in total. The van der Waals surface area contributed by atoms with E-state index < -0.39 is 35.2 Å². The van der Waals surface area contributed by atoms with Crippen LogP contribution in [0.1, 0.15) is 39.4 Å². The number of aromatic nitrogens is 4. The SMILES string of the molecule is Nc1n[nH]c2ccc(-n3nc(C(F)(F)F)cc3C(=O)Nc3ccc(C(=O)N4CCCC4)c(F)c3)cc12. The first-order valence-corrected chi connectivity index (χ1v) is 10.9. The second-order valence-electron chi connectivity index (χ2n) is 8.31. The Bertz CT molecular complexity index is 1490. The van der Waals surface area contributed by atoms with Gasteiger partial charge >= 0.3 is 6.18 Å². The molecule has 1 aliphatic heterocycles. The molecule has 0 radical (unpaired) electrons. The first-order chi connectivity index (χ1) is 17.1. The molecule has 9 nitrogen and oxygen atoms in total. The number of nitrogens with two attached hydrogens (primary N) is 1. The lowest BCUT2D eigenvalue weighted by atomic mass is 10.1. The summed E-state index contributed by atoms with van der Waals surface area (Å²) < 4.78 is 55.8. The van der Waals surface area contributed by atoms with E-state index >= 15 is 0 Å². The van der Waals surface area contributed by atoms with Crippen LogP contribution in [0.3, 0.4) is 0 Å². The fraction of sp³-hybridized carbons (Fsp3) is 0.217. The minimum absolute atomic E-state index is 0.0358. The van der Waals surface area contributed by atoms with E-state index in [1.807, 2.05) is 0 Å². The summed E-state index contributed by atoms with van der Waals surface area (Å²) in [4.78, 5) is 27.0. The van der Waals surface area contributed by atoms with Gasteiger partial charge in [0.15, 0.2) is 11.5 Å². The molecule has 4 aromatic rings. The quantitative estimate of drug-likeness (QED) is 0.365. The summed E-state index contributed by atoms with van der Waals surface area (Å²) in [6.45, 7) is 1.08. The standard InChI is InChI=1S/C23H19F4N7O2/c24-16-9-12(3-5-14(16)22(36)33-7-1-2-8-33)29-21(35)18-11-19(23(25,26)27)32-34(18)13-4-6-17-15(10-13)20(28)31-30-17/h3-6,9-11H,1-2,7-8H2,(H,29,35)(H3,28,30,31). The largest absolute Gasteiger partial charge is 0.435 e. The molecule has 2 aromatic carbocycles. The molecule has 1 aliphatic rings. The topological polar surface area (TPSA) is 122 Å². The second kappa shape index (κ2) is 8.66. The van der Waals surface area contributed by atoms with Gasteiger partial charge in [-0.2, -0.15) is 23.4 Å². The zero-order chi connectivity index (χ0) is 25.6. The average Bonchev–Trinajstić information content (AvgIpc) is 3.58. The minimum Gasteiger partial charge on any atom is -0.382 e. The minimum atomic E-state index is -4.82. The van der Waals surface area contributed by atoms with Crippen molar-refractivity contribution in [2.45, 2.75) is 19.0 Å². The highest BCUT2D eigenvalue weighted by Crippen LogP contribution is 2.31. The maximum atomic E-state index is 14.7. The molecular formula is C23H19F4N7O2. The van der Waals surface area contributed by atoms with Crippen LogP contribution in [0.25, 0.3) is 16.6 Å². The van der Waals surface area contributed by atoms with Gasteiger partial charge in [0.2, 0.25) is 0 Å². The number of anilines is 2. The molecule has 13 heteroatoms. The summed E-state index contributed by atoms with van der Waals surface area (Å²) in [6, 6.07) is 8.52. The molecule has 0 spiro atoms. The molecular weight excluding hydrogens is 482 g/mol. The Morgan fingerprint density at radius 2 is 1.81 bits per heavy atom. The third-order valence-electron chi connectivity index (χ3n) is 5.90.